The lowest BCUT2D eigenvalue weighted by Crippen LogP contribution is -2.20. The van der Waals surface area contributed by atoms with Crippen LogP contribution in [0, 0.1) is 0 Å². The molecule has 1 unspecified atom stereocenters. The van der Waals surface area contributed by atoms with E-state index in [9.17, 15) is 4.79 Å². The summed E-state index contributed by atoms with van der Waals surface area (Å²) in [5.74, 6) is -1.15. The zero-order valence-electron chi connectivity index (χ0n) is 5.69. The molecule has 0 aromatic rings. The van der Waals surface area contributed by atoms with Crippen molar-refractivity contribution >= 4 is 5.97 Å². The molecule has 0 aliphatic heterocycles. The number of hydrogen-bond acceptors (Lipinski definition) is 3. The number of hydrogen-bond donors (Lipinski definition) is 3. The Morgan fingerprint density at radius 3 is 2.64 bits per heavy atom. The van der Waals surface area contributed by atoms with Crippen molar-refractivity contribution in [3.05, 3.63) is 23.5 Å². The average Bonchev–Trinajstić information content (AvgIpc) is 1.85. The quantitative estimate of drug-likeness (QED) is 0.507. The zero-order valence-corrected chi connectivity index (χ0v) is 5.69. The van der Waals surface area contributed by atoms with E-state index in [-0.39, 0.29) is 17.8 Å². The predicted molar refractivity (Wildman–Crippen MR) is 37.1 cm³/mol. The van der Waals surface area contributed by atoms with E-state index < -0.39 is 12.1 Å². The van der Waals surface area contributed by atoms with Gasteiger partial charge in [0.1, 0.15) is 0 Å². The third-order valence-corrected chi connectivity index (χ3v) is 1.46. The van der Waals surface area contributed by atoms with Crippen molar-refractivity contribution in [3.63, 3.8) is 0 Å². The highest BCUT2D eigenvalue weighted by atomic mass is 16.4. The van der Waals surface area contributed by atoms with Crippen molar-refractivity contribution in [3.8, 4) is 0 Å². The maximum absolute atomic E-state index is 10.3. The van der Waals surface area contributed by atoms with Crippen LogP contribution < -0.4 is 0 Å². The third kappa shape index (κ3) is 1.59. The van der Waals surface area contributed by atoms with E-state index in [0.29, 0.717) is 0 Å². The van der Waals surface area contributed by atoms with Gasteiger partial charge in [-0.15, -0.1) is 0 Å². The summed E-state index contributed by atoms with van der Waals surface area (Å²) in [7, 11) is 0. The molecule has 1 aliphatic carbocycles. The van der Waals surface area contributed by atoms with Crippen LogP contribution in [0.3, 0.4) is 0 Å². The largest absolute Gasteiger partial charge is 0.512 e. The maximum Gasteiger partial charge on any atom is 0.334 e. The summed E-state index contributed by atoms with van der Waals surface area (Å²) >= 11 is 0. The number of rotatable bonds is 1. The molecule has 0 heterocycles. The van der Waals surface area contributed by atoms with Gasteiger partial charge in [-0.1, -0.05) is 0 Å². The van der Waals surface area contributed by atoms with Gasteiger partial charge in [0.25, 0.3) is 0 Å². The van der Waals surface area contributed by atoms with E-state index in [1.165, 1.54) is 12.2 Å². The molecule has 0 bridgehead atoms. The van der Waals surface area contributed by atoms with Crippen LogP contribution in [0.1, 0.15) is 6.42 Å². The van der Waals surface area contributed by atoms with Crippen LogP contribution in [-0.2, 0) is 4.79 Å². The molecule has 4 heteroatoms. The van der Waals surface area contributed by atoms with Crippen LogP contribution >= 0.6 is 0 Å². The molecule has 1 rings (SSSR count). The zero-order chi connectivity index (χ0) is 8.43. The van der Waals surface area contributed by atoms with Crippen molar-refractivity contribution in [2.24, 2.45) is 0 Å². The van der Waals surface area contributed by atoms with Gasteiger partial charge in [0.15, 0.2) is 0 Å². The Morgan fingerprint density at radius 1 is 1.55 bits per heavy atom. The van der Waals surface area contributed by atoms with Gasteiger partial charge in [-0.3, -0.25) is 0 Å². The number of carboxylic acids is 1. The number of aliphatic hydroxyl groups excluding tert-OH is 2. The van der Waals surface area contributed by atoms with Crippen molar-refractivity contribution in [2.75, 3.05) is 0 Å². The third-order valence-electron chi connectivity index (χ3n) is 1.46. The molecule has 3 N–H and O–H groups in total. The molecule has 0 spiro atoms. The Balaban J connectivity index is 2.87. The molecule has 11 heavy (non-hydrogen) atoms. The lowest BCUT2D eigenvalue weighted by atomic mass is 10.0. The van der Waals surface area contributed by atoms with Crippen molar-refractivity contribution in [1.29, 1.82) is 0 Å². The number of allylic oxidation sites excluding steroid dienone is 2. The monoisotopic (exact) mass is 156 g/mol. The number of aliphatic hydroxyl groups is 2. The molecule has 60 valence electrons. The van der Waals surface area contributed by atoms with Crippen molar-refractivity contribution in [2.45, 2.75) is 12.5 Å². The van der Waals surface area contributed by atoms with Gasteiger partial charge < -0.3 is 15.3 Å². The standard InChI is InChI=1S/C7H8O4/c8-4-1-2-5(7(10)11)6(9)3-4/h1-2,6,8-9H,3H2,(H,10,11). The molecule has 0 saturated heterocycles. The van der Waals surface area contributed by atoms with Gasteiger partial charge in [0, 0.05) is 6.42 Å². The minimum Gasteiger partial charge on any atom is -0.512 e. The fraction of sp³-hybridized carbons (Fsp3) is 0.286. The van der Waals surface area contributed by atoms with E-state index in [2.05, 4.69) is 0 Å². The SMILES string of the molecule is O=C(O)C1=CC=C(O)CC1O. The second-order valence-electron chi connectivity index (χ2n) is 2.31. The highest BCUT2D eigenvalue weighted by Crippen LogP contribution is 2.16. The first kappa shape index (κ1) is 7.81. The van der Waals surface area contributed by atoms with Crippen LogP contribution in [0.4, 0.5) is 0 Å². The van der Waals surface area contributed by atoms with E-state index in [4.69, 9.17) is 15.3 Å². The van der Waals surface area contributed by atoms with Gasteiger partial charge in [-0.05, 0) is 12.2 Å². The summed E-state index contributed by atoms with van der Waals surface area (Å²) in [5, 5.41) is 26.4. The molecule has 0 aromatic carbocycles. The molecule has 0 aromatic heterocycles. The first-order valence-corrected chi connectivity index (χ1v) is 3.12. The van der Waals surface area contributed by atoms with Gasteiger partial charge in [0.2, 0.25) is 0 Å². The van der Waals surface area contributed by atoms with E-state index in [0.717, 1.165) is 0 Å². The Kier molecular flexibility index (Phi) is 1.96. The first-order chi connectivity index (χ1) is 5.11. The molecule has 0 amide bonds. The summed E-state index contributed by atoms with van der Waals surface area (Å²) in [6.07, 6.45) is 1.37. The van der Waals surface area contributed by atoms with Crippen LogP contribution in [0.25, 0.3) is 0 Å². The number of carbonyl (C=O) groups is 1. The molecule has 0 fully saturated rings. The topological polar surface area (TPSA) is 77.8 Å². The Bertz CT molecular complexity index is 239. The second kappa shape index (κ2) is 2.75. The fourth-order valence-corrected chi connectivity index (χ4v) is 0.887. The molecule has 0 saturated carbocycles. The van der Waals surface area contributed by atoms with Crippen LogP contribution in [0.2, 0.25) is 0 Å². The highest BCUT2D eigenvalue weighted by molar-refractivity contribution is 5.88. The van der Waals surface area contributed by atoms with Gasteiger partial charge in [0.05, 0.1) is 17.4 Å². The van der Waals surface area contributed by atoms with Crippen molar-refractivity contribution < 1.29 is 20.1 Å². The minimum atomic E-state index is -1.15. The Morgan fingerprint density at radius 2 is 2.18 bits per heavy atom. The molecule has 1 atom stereocenters. The van der Waals surface area contributed by atoms with Gasteiger partial charge >= 0.3 is 5.97 Å². The Labute approximate surface area is 63.1 Å². The number of aliphatic carboxylic acids is 1. The fourth-order valence-electron chi connectivity index (χ4n) is 0.887. The summed E-state index contributed by atoms with van der Waals surface area (Å²) in [6.45, 7) is 0. The normalized spacial score (nSPS) is 23.9. The summed E-state index contributed by atoms with van der Waals surface area (Å²) in [5.41, 5.74) is -0.0807. The minimum absolute atomic E-state index is 0.00231. The Hall–Kier alpha value is -1.29. The smallest absolute Gasteiger partial charge is 0.334 e. The maximum atomic E-state index is 10.3. The lowest BCUT2D eigenvalue weighted by Gasteiger charge is -2.13. The second-order valence-corrected chi connectivity index (χ2v) is 2.31. The highest BCUT2D eigenvalue weighted by Gasteiger charge is 2.21. The van der Waals surface area contributed by atoms with E-state index in [1.807, 2.05) is 0 Å². The molecule has 1 aliphatic rings. The summed E-state index contributed by atoms with van der Waals surface area (Å²) < 4.78 is 0. The van der Waals surface area contributed by atoms with Gasteiger partial charge in [-0.25, -0.2) is 4.79 Å². The number of carboxylic acid groups (broad SMARTS) is 1. The summed E-state index contributed by atoms with van der Waals surface area (Å²) in [6, 6.07) is 0. The molecule has 4 nitrogen and oxygen atoms in total. The van der Waals surface area contributed by atoms with Crippen LogP contribution in [-0.4, -0.2) is 27.4 Å². The molecule has 0 radical (unpaired) electrons. The molecular formula is C7H8O4. The van der Waals surface area contributed by atoms with Crippen LogP contribution in [0.5, 0.6) is 0 Å². The first-order valence-electron chi connectivity index (χ1n) is 3.12. The van der Waals surface area contributed by atoms with Crippen LogP contribution in [0.15, 0.2) is 23.5 Å². The van der Waals surface area contributed by atoms with Gasteiger partial charge in [-0.2, -0.15) is 0 Å². The average molecular weight is 156 g/mol. The van der Waals surface area contributed by atoms with E-state index in [1.54, 1.807) is 0 Å². The van der Waals surface area contributed by atoms with Crippen molar-refractivity contribution in [1.82, 2.24) is 0 Å². The summed E-state index contributed by atoms with van der Waals surface area (Å²) in [4.78, 5) is 10.3. The predicted octanol–water partition coefficient (Wildman–Crippen LogP) is 0.204. The van der Waals surface area contributed by atoms with E-state index >= 15 is 0 Å². The molecular weight excluding hydrogens is 148 g/mol. The lowest BCUT2D eigenvalue weighted by molar-refractivity contribution is -0.133.